The van der Waals surface area contributed by atoms with Crippen molar-refractivity contribution in [2.45, 2.75) is 20.8 Å². The lowest BCUT2D eigenvalue weighted by Crippen LogP contribution is -1.91. The van der Waals surface area contributed by atoms with Gasteiger partial charge in [0.2, 0.25) is 0 Å². The predicted octanol–water partition coefficient (Wildman–Crippen LogP) is 0.503. The fourth-order valence-corrected chi connectivity index (χ4v) is 0.0833. The van der Waals surface area contributed by atoms with Crippen molar-refractivity contribution in [3.05, 3.63) is 12.7 Å². The Morgan fingerprint density at radius 2 is 1.31 bits per heavy atom. The molecule has 0 saturated carbocycles. The summed E-state index contributed by atoms with van der Waals surface area (Å²) in [7, 11) is 1.31. The summed E-state index contributed by atoms with van der Waals surface area (Å²) in [5, 5.41) is 22.7. The van der Waals surface area contributed by atoms with E-state index in [1.807, 2.05) is 0 Å². The standard InChI is InChI=1S/C4H6O2.3C2H6O.H3N/c1-3-4(5)6-2;3*1-2-3;/h3H,1H2,2H3;3*3H,2H2,1H3;1H3. The Morgan fingerprint density at radius 1 is 1.12 bits per heavy atom. The first-order valence-corrected chi connectivity index (χ1v) is 4.58. The summed E-state index contributed by atoms with van der Waals surface area (Å²) in [5.41, 5.74) is 0. The van der Waals surface area contributed by atoms with Gasteiger partial charge < -0.3 is 26.2 Å². The second kappa shape index (κ2) is 48.1. The van der Waals surface area contributed by atoms with E-state index >= 15 is 0 Å². The van der Waals surface area contributed by atoms with Crippen molar-refractivity contribution in [2.24, 2.45) is 0 Å². The molecular formula is C10H27NO5. The Morgan fingerprint density at radius 3 is 1.31 bits per heavy atom. The molecule has 0 aromatic heterocycles. The number of esters is 1. The molecule has 0 heterocycles. The molecule has 0 aliphatic carbocycles. The first-order chi connectivity index (χ1) is 7.05. The largest absolute Gasteiger partial charge is 0.466 e. The molecule has 16 heavy (non-hydrogen) atoms. The number of methoxy groups -OCH3 is 1. The predicted molar refractivity (Wildman–Crippen MR) is 65.5 cm³/mol. The highest BCUT2D eigenvalue weighted by molar-refractivity contribution is 5.80. The molecule has 0 aliphatic heterocycles. The molecule has 0 radical (unpaired) electrons. The van der Waals surface area contributed by atoms with E-state index in [1.165, 1.54) is 7.11 Å². The average molecular weight is 241 g/mol. The first-order valence-electron chi connectivity index (χ1n) is 4.58. The lowest BCUT2D eigenvalue weighted by atomic mass is 10.7. The number of rotatable bonds is 1. The monoisotopic (exact) mass is 241 g/mol. The summed E-state index contributed by atoms with van der Waals surface area (Å²) in [6.45, 7) is 8.95. The minimum atomic E-state index is -0.394. The molecule has 0 saturated heterocycles. The van der Waals surface area contributed by atoms with Gasteiger partial charge in [0, 0.05) is 25.9 Å². The molecule has 6 nitrogen and oxygen atoms in total. The Labute approximate surface area is 98.1 Å². The second-order valence-corrected chi connectivity index (χ2v) is 1.68. The van der Waals surface area contributed by atoms with Crippen molar-refractivity contribution in [3.8, 4) is 0 Å². The summed E-state index contributed by atoms with van der Waals surface area (Å²) in [5.74, 6) is -0.394. The molecule has 0 aromatic rings. The summed E-state index contributed by atoms with van der Waals surface area (Å²) < 4.78 is 4.14. The molecule has 6 heteroatoms. The Balaban J connectivity index is -0.0000000353. The normalized spacial score (nSPS) is 5.94. The molecule has 0 spiro atoms. The highest BCUT2D eigenvalue weighted by Gasteiger charge is 1.81. The fraction of sp³-hybridized carbons (Fsp3) is 0.700. The molecule has 0 bridgehead atoms. The molecule has 0 amide bonds. The second-order valence-electron chi connectivity index (χ2n) is 1.68. The Hall–Kier alpha value is -0.950. The van der Waals surface area contributed by atoms with E-state index in [9.17, 15) is 4.79 Å². The van der Waals surface area contributed by atoms with Gasteiger partial charge >= 0.3 is 5.97 Å². The van der Waals surface area contributed by atoms with E-state index in [-0.39, 0.29) is 26.0 Å². The minimum Gasteiger partial charge on any atom is -0.466 e. The SMILES string of the molecule is C=CC(=O)OC.CCO.CCO.CCO.N. The maximum Gasteiger partial charge on any atom is 0.329 e. The highest BCUT2D eigenvalue weighted by Crippen LogP contribution is 1.67. The van der Waals surface area contributed by atoms with Crippen molar-refractivity contribution in [3.63, 3.8) is 0 Å². The van der Waals surface area contributed by atoms with Gasteiger partial charge in [0.25, 0.3) is 0 Å². The smallest absolute Gasteiger partial charge is 0.329 e. The number of carbonyl (C=O) groups is 1. The van der Waals surface area contributed by atoms with Crippen LogP contribution >= 0.6 is 0 Å². The number of ether oxygens (including phenoxy) is 1. The van der Waals surface area contributed by atoms with E-state index in [0.29, 0.717) is 0 Å². The van der Waals surface area contributed by atoms with E-state index in [4.69, 9.17) is 15.3 Å². The van der Waals surface area contributed by atoms with Crippen LogP contribution in [0, 0.1) is 0 Å². The van der Waals surface area contributed by atoms with Crippen molar-refractivity contribution >= 4 is 5.97 Å². The lowest BCUT2D eigenvalue weighted by molar-refractivity contribution is -0.134. The van der Waals surface area contributed by atoms with E-state index in [1.54, 1.807) is 20.8 Å². The molecule has 0 aliphatic rings. The molecule has 0 rings (SSSR count). The van der Waals surface area contributed by atoms with Crippen molar-refractivity contribution in [1.82, 2.24) is 6.15 Å². The van der Waals surface area contributed by atoms with Crippen LogP contribution in [0.3, 0.4) is 0 Å². The Bertz CT molecular complexity index is 105. The number of aliphatic hydroxyl groups excluding tert-OH is 3. The van der Waals surface area contributed by atoms with Crippen molar-refractivity contribution in [1.29, 1.82) is 0 Å². The summed E-state index contributed by atoms with van der Waals surface area (Å²) in [4.78, 5) is 9.84. The Kier molecular flexibility index (Phi) is 88.5. The van der Waals surface area contributed by atoms with Gasteiger partial charge in [0.05, 0.1) is 7.11 Å². The van der Waals surface area contributed by atoms with Crippen LogP contribution in [0.2, 0.25) is 0 Å². The first kappa shape index (κ1) is 29.4. The van der Waals surface area contributed by atoms with E-state index in [2.05, 4.69) is 11.3 Å². The fourth-order valence-electron chi connectivity index (χ4n) is 0.0833. The molecule has 102 valence electrons. The van der Waals surface area contributed by atoms with Crippen LogP contribution in [0.1, 0.15) is 20.8 Å². The molecule has 0 atom stereocenters. The lowest BCUT2D eigenvalue weighted by Gasteiger charge is -1.83. The average Bonchev–Trinajstić information content (AvgIpc) is 2.20. The van der Waals surface area contributed by atoms with Gasteiger partial charge in [-0.2, -0.15) is 0 Å². The van der Waals surface area contributed by atoms with Crippen LogP contribution < -0.4 is 6.15 Å². The van der Waals surface area contributed by atoms with Gasteiger partial charge in [-0.15, -0.1) is 0 Å². The van der Waals surface area contributed by atoms with Crippen LogP contribution in [0.4, 0.5) is 0 Å². The zero-order valence-corrected chi connectivity index (χ0v) is 10.8. The van der Waals surface area contributed by atoms with Gasteiger partial charge in [-0.25, -0.2) is 4.79 Å². The van der Waals surface area contributed by atoms with Gasteiger partial charge in [-0.3, -0.25) is 0 Å². The number of hydrogen-bond acceptors (Lipinski definition) is 6. The van der Waals surface area contributed by atoms with Crippen LogP contribution in [-0.4, -0.2) is 48.2 Å². The third kappa shape index (κ3) is 204. The van der Waals surface area contributed by atoms with Crippen LogP contribution in [0.5, 0.6) is 0 Å². The summed E-state index contributed by atoms with van der Waals surface area (Å²) in [6.07, 6.45) is 1.11. The quantitative estimate of drug-likeness (QED) is 0.392. The molecule has 0 aromatic carbocycles. The van der Waals surface area contributed by atoms with Gasteiger partial charge in [-0.1, -0.05) is 6.58 Å². The van der Waals surface area contributed by atoms with Crippen LogP contribution in [-0.2, 0) is 9.53 Å². The molecule has 0 fully saturated rings. The topological polar surface area (TPSA) is 122 Å². The maximum absolute atomic E-state index is 9.84. The highest BCUT2D eigenvalue weighted by atomic mass is 16.5. The summed E-state index contributed by atoms with van der Waals surface area (Å²) in [6, 6.07) is 0. The maximum atomic E-state index is 9.84. The number of carbonyl (C=O) groups excluding carboxylic acids is 1. The number of aliphatic hydroxyl groups is 3. The van der Waals surface area contributed by atoms with Crippen molar-refractivity contribution in [2.75, 3.05) is 26.9 Å². The number of hydrogen-bond donors (Lipinski definition) is 4. The third-order valence-electron chi connectivity index (χ3n) is 0.368. The third-order valence-corrected chi connectivity index (χ3v) is 0.368. The van der Waals surface area contributed by atoms with Crippen molar-refractivity contribution < 1.29 is 24.9 Å². The van der Waals surface area contributed by atoms with Crippen LogP contribution in [0.15, 0.2) is 12.7 Å². The van der Waals surface area contributed by atoms with Gasteiger partial charge in [-0.05, 0) is 20.8 Å². The zero-order chi connectivity index (χ0) is 13.1. The summed E-state index contributed by atoms with van der Waals surface area (Å²) >= 11 is 0. The van der Waals surface area contributed by atoms with Crippen LogP contribution in [0.25, 0.3) is 0 Å². The van der Waals surface area contributed by atoms with Gasteiger partial charge in [0.15, 0.2) is 0 Å². The van der Waals surface area contributed by atoms with E-state index < -0.39 is 5.97 Å². The zero-order valence-electron chi connectivity index (χ0n) is 10.8. The molecule has 6 N–H and O–H groups in total. The molecule has 0 unspecified atom stereocenters. The molecular weight excluding hydrogens is 214 g/mol. The minimum absolute atomic E-state index is 0. The van der Waals surface area contributed by atoms with E-state index in [0.717, 1.165) is 6.08 Å². The van der Waals surface area contributed by atoms with Gasteiger partial charge in [0.1, 0.15) is 0 Å².